The molecule has 0 spiro atoms. The number of benzene rings is 1. The SMILES string of the molecule is [O-]B([O-])Oc1cc2ccccc2s1. The topological polar surface area (TPSA) is 55.3 Å². The molecule has 0 bridgehead atoms. The van der Waals surface area contributed by atoms with Gasteiger partial charge in [-0.1, -0.05) is 18.2 Å². The maximum absolute atomic E-state index is 10.2. The zero-order chi connectivity index (χ0) is 9.26. The molecule has 5 heteroatoms. The van der Waals surface area contributed by atoms with E-state index in [1.165, 1.54) is 11.3 Å². The average molecular weight is 192 g/mol. The number of hydrogen-bond donors (Lipinski definition) is 0. The third kappa shape index (κ3) is 1.83. The molecule has 0 saturated carbocycles. The predicted octanol–water partition coefficient (Wildman–Crippen LogP) is -0.0144. The second-order valence-corrected chi connectivity index (χ2v) is 3.56. The van der Waals surface area contributed by atoms with Crippen LogP contribution in [0, 0.1) is 0 Å². The van der Waals surface area contributed by atoms with E-state index in [1.54, 1.807) is 6.07 Å². The number of hydrogen-bond acceptors (Lipinski definition) is 4. The van der Waals surface area contributed by atoms with Crippen LogP contribution in [0.2, 0.25) is 0 Å². The molecule has 0 aliphatic heterocycles. The summed E-state index contributed by atoms with van der Waals surface area (Å²) in [6, 6.07) is 9.31. The summed E-state index contributed by atoms with van der Waals surface area (Å²) in [5.74, 6) is 0. The van der Waals surface area contributed by atoms with Crippen LogP contribution in [-0.4, -0.2) is 7.32 Å². The van der Waals surface area contributed by atoms with Gasteiger partial charge in [-0.15, -0.1) is 11.3 Å². The Morgan fingerprint density at radius 3 is 2.69 bits per heavy atom. The molecule has 1 heterocycles. The first kappa shape index (κ1) is 8.56. The van der Waals surface area contributed by atoms with Crippen LogP contribution >= 0.6 is 11.3 Å². The molecular formula is C8H5BO3S-2. The molecule has 0 saturated heterocycles. The minimum Gasteiger partial charge on any atom is -0.860 e. The highest BCUT2D eigenvalue weighted by Gasteiger charge is 1.99. The van der Waals surface area contributed by atoms with Gasteiger partial charge in [0.05, 0.1) is 0 Å². The lowest BCUT2D eigenvalue weighted by Crippen LogP contribution is -2.50. The van der Waals surface area contributed by atoms with E-state index in [4.69, 9.17) is 0 Å². The molecule has 2 aromatic rings. The van der Waals surface area contributed by atoms with Crippen molar-refractivity contribution in [3.8, 4) is 5.06 Å². The Bertz CT molecular complexity index is 379. The van der Waals surface area contributed by atoms with Crippen molar-refractivity contribution in [3.05, 3.63) is 30.3 Å². The molecular weight excluding hydrogens is 187 g/mol. The first-order valence-electron chi connectivity index (χ1n) is 3.72. The Balaban J connectivity index is 2.38. The minimum atomic E-state index is -2.24. The lowest BCUT2D eigenvalue weighted by atomic mass is 10.2. The largest absolute Gasteiger partial charge is 0.860 e. The molecule has 0 amide bonds. The monoisotopic (exact) mass is 192 g/mol. The Morgan fingerprint density at radius 2 is 2.00 bits per heavy atom. The molecule has 2 rings (SSSR count). The van der Waals surface area contributed by atoms with E-state index in [9.17, 15) is 10.0 Å². The van der Waals surface area contributed by atoms with E-state index in [0.29, 0.717) is 5.06 Å². The normalized spacial score (nSPS) is 10.3. The minimum absolute atomic E-state index is 0.385. The summed E-state index contributed by atoms with van der Waals surface area (Å²) in [4.78, 5) is 0. The second-order valence-electron chi connectivity index (χ2n) is 2.51. The van der Waals surface area contributed by atoms with Crippen LogP contribution in [0.5, 0.6) is 5.06 Å². The molecule has 1 aromatic carbocycles. The van der Waals surface area contributed by atoms with E-state index in [-0.39, 0.29) is 0 Å². The highest BCUT2D eigenvalue weighted by Crippen LogP contribution is 2.30. The summed E-state index contributed by atoms with van der Waals surface area (Å²) >= 11 is 1.30. The average Bonchev–Trinajstić information content (AvgIpc) is 2.44. The molecule has 0 atom stereocenters. The summed E-state index contributed by atoms with van der Waals surface area (Å²) in [7, 11) is -2.24. The zero-order valence-corrected chi connectivity index (χ0v) is 7.41. The zero-order valence-electron chi connectivity index (χ0n) is 6.60. The van der Waals surface area contributed by atoms with Crippen LogP contribution < -0.4 is 14.7 Å². The van der Waals surface area contributed by atoms with Gasteiger partial charge in [-0.2, -0.15) is 0 Å². The number of thiophene rings is 1. The van der Waals surface area contributed by atoms with Gasteiger partial charge in [0.25, 0.3) is 0 Å². The molecule has 0 aliphatic rings. The van der Waals surface area contributed by atoms with Crippen molar-refractivity contribution >= 4 is 28.7 Å². The van der Waals surface area contributed by atoms with Crippen molar-refractivity contribution in [1.82, 2.24) is 0 Å². The van der Waals surface area contributed by atoms with E-state index < -0.39 is 7.32 Å². The van der Waals surface area contributed by atoms with Gasteiger partial charge in [0.1, 0.15) is 7.32 Å². The summed E-state index contributed by atoms with van der Waals surface area (Å²) in [5, 5.41) is 21.8. The van der Waals surface area contributed by atoms with Crippen molar-refractivity contribution in [1.29, 1.82) is 0 Å². The van der Waals surface area contributed by atoms with Gasteiger partial charge in [0.2, 0.25) is 0 Å². The van der Waals surface area contributed by atoms with Gasteiger partial charge in [0.15, 0.2) is 5.06 Å². The first-order valence-corrected chi connectivity index (χ1v) is 4.54. The van der Waals surface area contributed by atoms with Crippen LogP contribution in [0.15, 0.2) is 30.3 Å². The standard InChI is InChI=1S/C8H5BO3S/c10-9(11)12-8-5-6-3-1-2-4-7(6)13-8/h1-5H/q-2. The molecule has 0 fully saturated rings. The van der Waals surface area contributed by atoms with Crippen LogP contribution in [0.25, 0.3) is 10.1 Å². The Hall–Kier alpha value is -1.04. The fourth-order valence-electron chi connectivity index (χ4n) is 1.11. The van der Waals surface area contributed by atoms with Gasteiger partial charge in [-0.25, -0.2) is 0 Å². The van der Waals surface area contributed by atoms with Crippen LogP contribution in [0.3, 0.4) is 0 Å². The van der Waals surface area contributed by atoms with Crippen molar-refractivity contribution in [2.24, 2.45) is 0 Å². The molecule has 0 aliphatic carbocycles. The highest BCUT2D eigenvalue weighted by atomic mass is 32.1. The van der Waals surface area contributed by atoms with Gasteiger partial charge in [-0.05, 0) is 17.5 Å². The first-order chi connectivity index (χ1) is 6.25. The summed E-state index contributed by atoms with van der Waals surface area (Å²) in [5.41, 5.74) is 0. The molecule has 3 nitrogen and oxygen atoms in total. The maximum atomic E-state index is 10.2. The summed E-state index contributed by atoms with van der Waals surface area (Å²) in [6.45, 7) is 0. The van der Waals surface area contributed by atoms with Gasteiger partial charge in [0, 0.05) is 4.70 Å². The van der Waals surface area contributed by atoms with Gasteiger partial charge in [-0.3, -0.25) is 0 Å². The maximum Gasteiger partial charge on any atom is 0.153 e. The smallest absolute Gasteiger partial charge is 0.153 e. The van der Waals surface area contributed by atoms with Crippen molar-refractivity contribution in [2.45, 2.75) is 0 Å². The molecule has 0 radical (unpaired) electrons. The van der Waals surface area contributed by atoms with Crippen molar-refractivity contribution in [2.75, 3.05) is 0 Å². The Kier molecular flexibility index (Phi) is 2.22. The Labute approximate surface area is 79.4 Å². The molecule has 13 heavy (non-hydrogen) atoms. The summed E-state index contributed by atoms with van der Waals surface area (Å²) < 4.78 is 5.52. The molecule has 1 aromatic heterocycles. The molecule has 0 unspecified atom stereocenters. The fourth-order valence-corrected chi connectivity index (χ4v) is 2.03. The van der Waals surface area contributed by atoms with E-state index in [1.807, 2.05) is 24.3 Å². The van der Waals surface area contributed by atoms with Crippen LogP contribution in [-0.2, 0) is 0 Å². The van der Waals surface area contributed by atoms with E-state index in [0.717, 1.165) is 10.1 Å². The van der Waals surface area contributed by atoms with Crippen LogP contribution in [0.1, 0.15) is 0 Å². The molecule has 66 valence electrons. The Morgan fingerprint density at radius 1 is 1.23 bits per heavy atom. The number of fused-ring (bicyclic) bond motifs is 1. The summed E-state index contributed by atoms with van der Waals surface area (Å²) in [6.07, 6.45) is 0. The van der Waals surface area contributed by atoms with Crippen LogP contribution in [0.4, 0.5) is 0 Å². The lowest BCUT2D eigenvalue weighted by molar-refractivity contribution is -0.372. The predicted molar refractivity (Wildman–Crippen MR) is 48.2 cm³/mol. The fraction of sp³-hybridized carbons (Fsp3) is 0. The third-order valence-electron chi connectivity index (χ3n) is 1.62. The van der Waals surface area contributed by atoms with Crippen molar-refractivity contribution < 1.29 is 14.7 Å². The second kappa shape index (κ2) is 3.37. The lowest BCUT2D eigenvalue weighted by Gasteiger charge is -2.25. The van der Waals surface area contributed by atoms with E-state index in [2.05, 4.69) is 4.65 Å². The van der Waals surface area contributed by atoms with Crippen molar-refractivity contribution in [3.63, 3.8) is 0 Å². The number of rotatable bonds is 2. The van der Waals surface area contributed by atoms with E-state index >= 15 is 0 Å². The third-order valence-corrected chi connectivity index (χ3v) is 2.62. The quantitative estimate of drug-likeness (QED) is 0.628. The van der Waals surface area contributed by atoms with Gasteiger partial charge < -0.3 is 14.7 Å². The molecule has 0 N–H and O–H groups in total. The highest BCUT2D eigenvalue weighted by molar-refractivity contribution is 7.20. The van der Waals surface area contributed by atoms with Gasteiger partial charge >= 0.3 is 0 Å².